The smallest absolute Gasteiger partial charge is 0.311 e. The highest BCUT2D eigenvalue weighted by Gasteiger charge is 2.15. The third kappa shape index (κ3) is 5.13. The van der Waals surface area contributed by atoms with E-state index in [1.807, 2.05) is 6.92 Å². The molecule has 1 aromatic heterocycles. The number of hydrogen-bond acceptors (Lipinski definition) is 5. The summed E-state index contributed by atoms with van der Waals surface area (Å²) in [5, 5.41) is 14.0. The summed E-state index contributed by atoms with van der Waals surface area (Å²) in [6.07, 6.45) is 3.60. The van der Waals surface area contributed by atoms with Gasteiger partial charge in [0.25, 0.3) is 0 Å². The fourth-order valence-electron chi connectivity index (χ4n) is 2.12. The predicted molar refractivity (Wildman–Crippen MR) is 81.0 cm³/mol. The highest BCUT2D eigenvalue weighted by Crippen LogP contribution is 2.21. The minimum atomic E-state index is -0.405. The molecule has 20 heavy (non-hydrogen) atoms. The van der Waals surface area contributed by atoms with Gasteiger partial charge in [-0.2, -0.15) is 0 Å². The molecule has 112 valence electrons. The summed E-state index contributed by atoms with van der Waals surface area (Å²) in [5.41, 5.74) is 0.0306. The van der Waals surface area contributed by atoms with Crippen molar-refractivity contribution in [3.05, 3.63) is 28.4 Å². The van der Waals surface area contributed by atoms with Crippen LogP contribution >= 0.6 is 0 Å². The van der Waals surface area contributed by atoms with Gasteiger partial charge >= 0.3 is 5.69 Å². The van der Waals surface area contributed by atoms with E-state index in [9.17, 15) is 10.1 Å². The number of nitrogens with one attached hydrogen (secondary N) is 1. The number of nitrogens with zero attached hydrogens (tertiary/aromatic N) is 3. The molecule has 6 heteroatoms. The number of rotatable bonds is 9. The number of anilines is 1. The summed E-state index contributed by atoms with van der Waals surface area (Å²) in [5.74, 6) is 0.354. The van der Waals surface area contributed by atoms with Crippen molar-refractivity contribution in [1.82, 2.24) is 9.88 Å². The Hall–Kier alpha value is -1.69. The third-order valence-corrected chi connectivity index (χ3v) is 3.37. The molecule has 0 aliphatic carbocycles. The van der Waals surface area contributed by atoms with Crippen molar-refractivity contribution in [3.8, 4) is 0 Å². The van der Waals surface area contributed by atoms with E-state index in [2.05, 4.69) is 29.0 Å². The molecule has 1 rings (SSSR count). The minimum absolute atomic E-state index is 0.0306. The molecule has 0 aliphatic rings. The predicted octanol–water partition coefficient (Wildman–Crippen LogP) is 2.91. The van der Waals surface area contributed by atoms with Gasteiger partial charge in [0.05, 0.1) is 4.92 Å². The van der Waals surface area contributed by atoms with Gasteiger partial charge in [0.1, 0.15) is 0 Å². The van der Waals surface area contributed by atoms with E-state index in [1.54, 1.807) is 12.3 Å². The number of aromatic nitrogens is 1. The second-order valence-electron chi connectivity index (χ2n) is 4.84. The summed E-state index contributed by atoms with van der Waals surface area (Å²) in [4.78, 5) is 16.9. The highest BCUT2D eigenvalue weighted by molar-refractivity contribution is 5.55. The van der Waals surface area contributed by atoms with Gasteiger partial charge in [-0.3, -0.25) is 10.1 Å². The van der Waals surface area contributed by atoms with Crippen LogP contribution in [-0.2, 0) is 0 Å². The largest absolute Gasteiger partial charge is 0.362 e. The average molecular weight is 280 g/mol. The first-order valence-corrected chi connectivity index (χ1v) is 7.16. The molecule has 0 unspecified atom stereocenters. The van der Waals surface area contributed by atoms with Gasteiger partial charge < -0.3 is 10.2 Å². The second-order valence-corrected chi connectivity index (χ2v) is 4.84. The fraction of sp³-hybridized carbons (Fsp3) is 0.643. The molecule has 1 atom stereocenters. The van der Waals surface area contributed by atoms with Crippen LogP contribution in [0.2, 0.25) is 0 Å². The van der Waals surface area contributed by atoms with Crippen LogP contribution in [0.1, 0.15) is 33.6 Å². The maximum Gasteiger partial charge on any atom is 0.311 e. The molecule has 1 aromatic rings. The van der Waals surface area contributed by atoms with E-state index in [0.717, 1.165) is 32.5 Å². The van der Waals surface area contributed by atoms with Crippen molar-refractivity contribution >= 4 is 11.5 Å². The molecule has 0 spiro atoms. The van der Waals surface area contributed by atoms with Crippen molar-refractivity contribution in [2.75, 3.05) is 25.0 Å². The average Bonchev–Trinajstić information content (AvgIpc) is 2.44. The standard InChI is InChI=1S/C14H24N4O2/c1-4-17(5-2)11-7-8-12(3)16-14-13(18(19)20)9-6-10-15-14/h6,9-10,12H,4-5,7-8,11H2,1-3H3,(H,15,16)/t12-/m0/s1. The van der Waals surface area contributed by atoms with Crippen LogP contribution in [0.15, 0.2) is 18.3 Å². The lowest BCUT2D eigenvalue weighted by Crippen LogP contribution is -2.25. The topological polar surface area (TPSA) is 71.3 Å². The van der Waals surface area contributed by atoms with Gasteiger partial charge in [0.2, 0.25) is 5.82 Å². The Morgan fingerprint density at radius 1 is 1.45 bits per heavy atom. The Labute approximate surface area is 120 Å². The van der Waals surface area contributed by atoms with Crippen molar-refractivity contribution in [3.63, 3.8) is 0 Å². The van der Waals surface area contributed by atoms with E-state index >= 15 is 0 Å². The van der Waals surface area contributed by atoms with E-state index < -0.39 is 4.92 Å². The number of hydrogen-bond donors (Lipinski definition) is 1. The van der Waals surface area contributed by atoms with Crippen molar-refractivity contribution in [2.45, 2.75) is 39.7 Å². The molecule has 0 aliphatic heterocycles. The Kier molecular flexibility index (Phi) is 6.93. The molecule has 0 saturated carbocycles. The molecule has 0 saturated heterocycles. The quantitative estimate of drug-likeness (QED) is 0.556. The lowest BCUT2D eigenvalue weighted by atomic mass is 10.1. The monoisotopic (exact) mass is 280 g/mol. The van der Waals surface area contributed by atoms with Gasteiger partial charge in [0.15, 0.2) is 0 Å². The van der Waals surface area contributed by atoms with E-state index in [1.165, 1.54) is 6.07 Å². The summed E-state index contributed by atoms with van der Waals surface area (Å²) < 4.78 is 0. The van der Waals surface area contributed by atoms with Crippen LogP contribution < -0.4 is 5.32 Å². The van der Waals surface area contributed by atoms with E-state index in [-0.39, 0.29) is 11.7 Å². The Balaban J connectivity index is 2.46. The molecule has 0 fully saturated rings. The maximum atomic E-state index is 10.9. The second kappa shape index (κ2) is 8.47. The Morgan fingerprint density at radius 2 is 2.15 bits per heavy atom. The van der Waals surface area contributed by atoms with Crippen LogP contribution in [0, 0.1) is 10.1 Å². The molecule has 1 heterocycles. The van der Waals surface area contributed by atoms with Gasteiger partial charge in [-0.25, -0.2) is 4.98 Å². The molecule has 1 N–H and O–H groups in total. The molecule has 6 nitrogen and oxygen atoms in total. The SMILES string of the molecule is CCN(CC)CCC[C@H](C)Nc1ncccc1[N+](=O)[O-]. The molecule has 0 radical (unpaired) electrons. The number of pyridine rings is 1. The van der Waals surface area contributed by atoms with Gasteiger partial charge in [0, 0.05) is 18.3 Å². The first-order valence-electron chi connectivity index (χ1n) is 7.16. The zero-order valence-electron chi connectivity index (χ0n) is 12.5. The number of nitro groups is 1. The Bertz CT molecular complexity index is 421. The zero-order valence-corrected chi connectivity index (χ0v) is 12.5. The minimum Gasteiger partial charge on any atom is -0.362 e. The zero-order chi connectivity index (χ0) is 15.0. The first kappa shape index (κ1) is 16.4. The van der Waals surface area contributed by atoms with E-state index in [0.29, 0.717) is 5.82 Å². The van der Waals surface area contributed by atoms with Gasteiger partial charge in [-0.05, 0) is 45.5 Å². The van der Waals surface area contributed by atoms with Crippen LogP contribution in [0.25, 0.3) is 0 Å². The fourth-order valence-corrected chi connectivity index (χ4v) is 2.12. The third-order valence-electron chi connectivity index (χ3n) is 3.37. The first-order chi connectivity index (χ1) is 9.58. The molecule has 0 aromatic carbocycles. The Morgan fingerprint density at radius 3 is 2.75 bits per heavy atom. The lowest BCUT2D eigenvalue weighted by molar-refractivity contribution is -0.384. The van der Waals surface area contributed by atoms with Gasteiger partial charge in [-0.15, -0.1) is 0 Å². The lowest BCUT2D eigenvalue weighted by Gasteiger charge is -2.19. The van der Waals surface area contributed by atoms with Gasteiger partial charge in [-0.1, -0.05) is 13.8 Å². The molecular formula is C14H24N4O2. The van der Waals surface area contributed by atoms with Crippen LogP contribution in [0.4, 0.5) is 11.5 Å². The summed E-state index contributed by atoms with van der Waals surface area (Å²) in [7, 11) is 0. The normalized spacial score (nSPS) is 12.4. The summed E-state index contributed by atoms with van der Waals surface area (Å²) in [6, 6.07) is 3.21. The van der Waals surface area contributed by atoms with Crippen LogP contribution in [0.3, 0.4) is 0 Å². The van der Waals surface area contributed by atoms with E-state index in [4.69, 9.17) is 0 Å². The summed E-state index contributed by atoms with van der Waals surface area (Å²) >= 11 is 0. The van der Waals surface area contributed by atoms with Crippen molar-refractivity contribution in [1.29, 1.82) is 0 Å². The van der Waals surface area contributed by atoms with Crippen molar-refractivity contribution < 1.29 is 4.92 Å². The van der Waals surface area contributed by atoms with Crippen molar-refractivity contribution in [2.24, 2.45) is 0 Å². The summed E-state index contributed by atoms with van der Waals surface area (Å²) in [6.45, 7) is 9.52. The highest BCUT2D eigenvalue weighted by atomic mass is 16.6. The molecule has 0 bridgehead atoms. The van der Waals surface area contributed by atoms with Crippen LogP contribution in [0.5, 0.6) is 0 Å². The maximum absolute atomic E-state index is 10.9. The molecular weight excluding hydrogens is 256 g/mol. The molecule has 0 amide bonds. The van der Waals surface area contributed by atoms with Crippen LogP contribution in [-0.4, -0.2) is 40.5 Å².